The molecule has 0 fully saturated rings. The second-order valence-corrected chi connectivity index (χ2v) is 6.26. The molecular weight excluding hydrogens is 318 g/mol. The van der Waals surface area contributed by atoms with Gasteiger partial charge in [0, 0.05) is 12.1 Å². The fraction of sp³-hybridized carbons (Fsp3) is 0.235. The second kappa shape index (κ2) is 8.22. The van der Waals surface area contributed by atoms with Crippen LogP contribution in [0, 0.1) is 0 Å². The molecule has 2 aromatic rings. The van der Waals surface area contributed by atoms with Gasteiger partial charge in [0.2, 0.25) is 0 Å². The Morgan fingerprint density at radius 3 is 2.32 bits per heavy atom. The monoisotopic (exact) mass is 335 g/mol. The van der Waals surface area contributed by atoms with Crippen LogP contribution in [0.2, 0.25) is 5.02 Å². The predicted octanol–water partition coefficient (Wildman–Crippen LogP) is 4.18. The molecule has 0 radical (unpaired) electrons. The van der Waals surface area contributed by atoms with E-state index < -0.39 is 0 Å². The van der Waals surface area contributed by atoms with Gasteiger partial charge in [-0.15, -0.1) is 11.8 Å². The van der Waals surface area contributed by atoms with Crippen molar-refractivity contribution in [2.75, 3.05) is 19.9 Å². The molecule has 0 saturated carbocycles. The van der Waals surface area contributed by atoms with E-state index in [-0.39, 0.29) is 11.2 Å². The second-order valence-electron chi connectivity index (χ2n) is 4.73. The van der Waals surface area contributed by atoms with Gasteiger partial charge in [-0.1, -0.05) is 54.1 Å². The molecule has 0 bridgehead atoms. The van der Waals surface area contributed by atoms with Crippen molar-refractivity contribution in [1.82, 2.24) is 5.06 Å². The molecule has 3 nitrogen and oxygen atoms in total. The van der Waals surface area contributed by atoms with Gasteiger partial charge in [0.25, 0.3) is 5.91 Å². The zero-order chi connectivity index (χ0) is 15.9. The molecule has 1 unspecified atom stereocenters. The summed E-state index contributed by atoms with van der Waals surface area (Å²) in [7, 11) is 3.10. The molecule has 22 heavy (non-hydrogen) atoms. The van der Waals surface area contributed by atoms with Gasteiger partial charge in [0.05, 0.1) is 18.1 Å². The third-order valence-electron chi connectivity index (χ3n) is 3.27. The topological polar surface area (TPSA) is 29.5 Å². The van der Waals surface area contributed by atoms with Crippen molar-refractivity contribution in [2.24, 2.45) is 0 Å². The smallest absolute Gasteiger partial charge is 0.255 e. The first-order valence-corrected chi connectivity index (χ1v) is 8.27. The summed E-state index contributed by atoms with van der Waals surface area (Å²) >= 11 is 7.54. The van der Waals surface area contributed by atoms with Crippen LogP contribution in [0.4, 0.5) is 0 Å². The highest BCUT2D eigenvalue weighted by Crippen LogP contribution is 2.36. The normalized spacial score (nSPS) is 12.0. The van der Waals surface area contributed by atoms with Gasteiger partial charge >= 0.3 is 0 Å². The van der Waals surface area contributed by atoms with Crippen LogP contribution in [0.25, 0.3) is 0 Å². The Kier molecular flexibility index (Phi) is 6.31. The Morgan fingerprint density at radius 2 is 1.73 bits per heavy atom. The molecule has 0 spiro atoms. The van der Waals surface area contributed by atoms with E-state index in [4.69, 9.17) is 16.4 Å². The van der Waals surface area contributed by atoms with E-state index in [1.165, 1.54) is 12.2 Å². The number of thioether (sulfide) groups is 1. The highest BCUT2D eigenvalue weighted by atomic mass is 35.5. The minimum atomic E-state index is -0.0672. The average molecular weight is 336 g/mol. The number of carbonyl (C=O) groups excluding carboxylic acids is 1. The van der Waals surface area contributed by atoms with Crippen LogP contribution >= 0.6 is 23.4 Å². The lowest BCUT2D eigenvalue weighted by molar-refractivity contribution is -0.165. The standard InChI is InChI=1S/C17H18ClNO2S/c1-19(21-2)16(20)12-22-17(13-6-4-3-5-7-13)14-8-10-15(18)11-9-14/h3-11,17H,12H2,1-2H3. The zero-order valence-electron chi connectivity index (χ0n) is 12.5. The number of hydroxylamine groups is 2. The quantitative estimate of drug-likeness (QED) is 0.742. The molecule has 2 rings (SSSR count). The van der Waals surface area contributed by atoms with Crippen molar-refractivity contribution in [3.05, 3.63) is 70.7 Å². The van der Waals surface area contributed by atoms with Gasteiger partial charge in [-0.3, -0.25) is 9.63 Å². The maximum atomic E-state index is 12.0. The third-order valence-corrected chi connectivity index (χ3v) is 4.82. The largest absolute Gasteiger partial charge is 0.275 e. The predicted molar refractivity (Wildman–Crippen MR) is 92.0 cm³/mol. The van der Waals surface area contributed by atoms with Gasteiger partial charge in [-0.05, 0) is 23.3 Å². The summed E-state index contributed by atoms with van der Waals surface area (Å²) in [5.74, 6) is 0.273. The average Bonchev–Trinajstić information content (AvgIpc) is 2.56. The van der Waals surface area contributed by atoms with E-state index in [1.54, 1.807) is 18.8 Å². The van der Waals surface area contributed by atoms with Crippen molar-refractivity contribution in [1.29, 1.82) is 0 Å². The first-order chi connectivity index (χ1) is 10.6. The summed E-state index contributed by atoms with van der Waals surface area (Å²) in [6.07, 6.45) is 0. The van der Waals surface area contributed by atoms with Crippen LogP contribution < -0.4 is 0 Å². The Balaban J connectivity index is 2.19. The molecule has 1 atom stereocenters. The van der Waals surface area contributed by atoms with E-state index in [2.05, 4.69) is 12.1 Å². The lowest BCUT2D eigenvalue weighted by Crippen LogP contribution is -2.27. The fourth-order valence-electron chi connectivity index (χ4n) is 2.00. The van der Waals surface area contributed by atoms with Gasteiger partial charge < -0.3 is 0 Å². The van der Waals surface area contributed by atoms with Gasteiger partial charge in [-0.2, -0.15) is 0 Å². The van der Waals surface area contributed by atoms with E-state index in [9.17, 15) is 4.79 Å². The number of carbonyl (C=O) groups is 1. The van der Waals surface area contributed by atoms with Crippen LogP contribution in [-0.4, -0.2) is 30.9 Å². The molecule has 0 N–H and O–H groups in total. The first-order valence-electron chi connectivity index (χ1n) is 6.84. The number of hydrogen-bond donors (Lipinski definition) is 0. The molecule has 0 aromatic heterocycles. The first kappa shape index (κ1) is 16.9. The van der Waals surface area contributed by atoms with E-state index in [1.807, 2.05) is 42.5 Å². The van der Waals surface area contributed by atoms with Crippen molar-refractivity contribution >= 4 is 29.3 Å². The lowest BCUT2D eigenvalue weighted by atomic mass is 10.0. The summed E-state index contributed by atoms with van der Waals surface area (Å²) in [4.78, 5) is 16.9. The van der Waals surface area contributed by atoms with Crippen LogP contribution in [0.3, 0.4) is 0 Å². The zero-order valence-corrected chi connectivity index (χ0v) is 14.1. The van der Waals surface area contributed by atoms with Crippen LogP contribution in [0.1, 0.15) is 16.4 Å². The molecule has 116 valence electrons. The Labute approximate surface area is 140 Å². The van der Waals surface area contributed by atoms with E-state index in [0.29, 0.717) is 10.8 Å². The third kappa shape index (κ3) is 4.50. The van der Waals surface area contributed by atoms with Crippen LogP contribution in [0.5, 0.6) is 0 Å². The molecule has 2 aromatic carbocycles. The summed E-state index contributed by atoms with van der Waals surface area (Å²) in [5, 5.41) is 2.03. The molecule has 0 heterocycles. The Morgan fingerprint density at radius 1 is 1.14 bits per heavy atom. The number of benzene rings is 2. The molecule has 0 aliphatic heterocycles. The molecular formula is C17H18ClNO2S. The number of rotatable bonds is 6. The van der Waals surface area contributed by atoms with Crippen molar-refractivity contribution < 1.29 is 9.63 Å². The van der Waals surface area contributed by atoms with Crippen LogP contribution in [-0.2, 0) is 9.63 Å². The maximum absolute atomic E-state index is 12.0. The van der Waals surface area contributed by atoms with Crippen LogP contribution in [0.15, 0.2) is 54.6 Å². The highest BCUT2D eigenvalue weighted by molar-refractivity contribution is 8.00. The Bertz CT molecular complexity index is 604. The number of nitrogens with zero attached hydrogens (tertiary/aromatic N) is 1. The molecule has 1 amide bonds. The minimum Gasteiger partial charge on any atom is -0.275 e. The molecule has 0 aliphatic carbocycles. The number of amides is 1. The minimum absolute atomic E-state index is 0.0672. The number of halogens is 1. The summed E-state index contributed by atoms with van der Waals surface area (Å²) in [5.41, 5.74) is 2.27. The summed E-state index contributed by atoms with van der Waals surface area (Å²) in [6, 6.07) is 17.9. The molecule has 0 saturated heterocycles. The molecule has 5 heteroatoms. The molecule has 0 aliphatic rings. The van der Waals surface area contributed by atoms with Crippen molar-refractivity contribution in [3.8, 4) is 0 Å². The lowest BCUT2D eigenvalue weighted by Gasteiger charge is -2.19. The summed E-state index contributed by atoms with van der Waals surface area (Å²) < 4.78 is 0. The van der Waals surface area contributed by atoms with Crippen molar-refractivity contribution in [3.63, 3.8) is 0 Å². The van der Waals surface area contributed by atoms with Crippen molar-refractivity contribution in [2.45, 2.75) is 5.25 Å². The van der Waals surface area contributed by atoms with Gasteiger partial charge in [0.15, 0.2) is 0 Å². The highest BCUT2D eigenvalue weighted by Gasteiger charge is 2.18. The summed E-state index contributed by atoms with van der Waals surface area (Å²) in [6.45, 7) is 0. The van der Waals surface area contributed by atoms with E-state index in [0.717, 1.165) is 11.1 Å². The SMILES string of the molecule is CON(C)C(=O)CSC(c1ccccc1)c1ccc(Cl)cc1. The van der Waals surface area contributed by atoms with Gasteiger partial charge in [0.1, 0.15) is 0 Å². The number of hydrogen-bond acceptors (Lipinski definition) is 3. The Hall–Kier alpha value is -1.49. The fourth-order valence-corrected chi connectivity index (χ4v) is 3.31. The maximum Gasteiger partial charge on any atom is 0.255 e. The van der Waals surface area contributed by atoms with E-state index >= 15 is 0 Å². The van der Waals surface area contributed by atoms with Gasteiger partial charge in [-0.25, -0.2) is 5.06 Å².